The van der Waals surface area contributed by atoms with Gasteiger partial charge in [0.2, 0.25) is 0 Å². The Balaban J connectivity index is 2.09. The standard InChI is InChI=1S/C20H15ClN2O6/c21-13-7-2-1-4-11(13)9-29-12-6-3-5-10(8-12)14-15(19(25)26)17(22)23-18(24)16(14)20(27)28/h1-8H,9H2,(H,25,26)(H,27,28)(H3,22,23,24). The highest BCUT2D eigenvalue weighted by atomic mass is 35.5. The molecule has 2 aromatic carbocycles. The number of nitrogen functional groups attached to an aromatic ring is 1. The third-order valence-electron chi connectivity index (χ3n) is 4.15. The van der Waals surface area contributed by atoms with Gasteiger partial charge in [-0.25, -0.2) is 9.59 Å². The van der Waals surface area contributed by atoms with Crippen LogP contribution in [0, 0.1) is 0 Å². The number of hydrogen-bond donors (Lipinski definition) is 4. The highest BCUT2D eigenvalue weighted by Crippen LogP contribution is 2.31. The Kier molecular flexibility index (Phi) is 5.56. The highest BCUT2D eigenvalue weighted by molar-refractivity contribution is 6.31. The molecule has 0 saturated carbocycles. The molecule has 3 rings (SSSR count). The first-order chi connectivity index (χ1) is 13.8. The zero-order valence-electron chi connectivity index (χ0n) is 14.8. The normalized spacial score (nSPS) is 10.5. The molecule has 0 bridgehead atoms. The van der Waals surface area contributed by atoms with E-state index in [-0.39, 0.29) is 17.7 Å². The molecule has 0 aliphatic carbocycles. The molecule has 5 N–H and O–H groups in total. The maximum Gasteiger partial charge on any atom is 0.342 e. The molecule has 0 saturated heterocycles. The quantitative estimate of drug-likeness (QED) is 0.484. The smallest absolute Gasteiger partial charge is 0.342 e. The Morgan fingerprint density at radius 3 is 2.38 bits per heavy atom. The molecule has 0 aliphatic rings. The maximum absolute atomic E-state index is 12.1. The predicted molar refractivity (Wildman–Crippen MR) is 107 cm³/mol. The van der Waals surface area contributed by atoms with Gasteiger partial charge in [-0.05, 0) is 23.8 Å². The molecule has 8 nitrogen and oxygen atoms in total. The van der Waals surface area contributed by atoms with Gasteiger partial charge >= 0.3 is 11.9 Å². The van der Waals surface area contributed by atoms with Crippen molar-refractivity contribution in [2.45, 2.75) is 6.61 Å². The van der Waals surface area contributed by atoms with Crippen molar-refractivity contribution >= 4 is 29.4 Å². The SMILES string of the molecule is Nc1[nH]c(=O)c(C(=O)O)c(-c2cccc(OCc3ccccc3Cl)c2)c1C(=O)O. The molecule has 1 aromatic heterocycles. The number of carbonyl (C=O) groups is 2. The van der Waals surface area contributed by atoms with Gasteiger partial charge in [0.05, 0.1) is 0 Å². The summed E-state index contributed by atoms with van der Waals surface area (Å²) in [6, 6.07) is 13.1. The lowest BCUT2D eigenvalue weighted by atomic mass is 9.95. The van der Waals surface area contributed by atoms with Gasteiger partial charge in [-0.3, -0.25) is 4.79 Å². The van der Waals surface area contributed by atoms with E-state index >= 15 is 0 Å². The fraction of sp³-hybridized carbons (Fsp3) is 0.0500. The second-order valence-corrected chi connectivity index (χ2v) is 6.42. The molecule has 0 radical (unpaired) electrons. The van der Waals surface area contributed by atoms with Crippen LogP contribution in [0.4, 0.5) is 5.82 Å². The van der Waals surface area contributed by atoms with E-state index in [2.05, 4.69) is 4.98 Å². The van der Waals surface area contributed by atoms with Crippen LogP contribution in [0.15, 0.2) is 53.3 Å². The topological polar surface area (TPSA) is 143 Å². The second kappa shape index (κ2) is 8.07. The summed E-state index contributed by atoms with van der Waals surface area (Å²) in [5.74, 6) is -3.16. The number of hydrogen-bond acceptors (Lipinski definition) is 5. The third-order valence-corrected chi connectivity index (χ3v) is 4.52. The molecule has 0 atom stereocenters. The molecule has 0 unspecified atom stereocenters. The van der Waals surface area contributed by atoms with E-state index in [0.29, 0.717) is 10.8 Å². The number of carboxylic acids is 2. The van der Waals surface area contributed by atoms with Crippen LogP contribution in [0.25, 0.3) is 11.1 Å². The Labute approximate surface area is 169 Å². The minimum Gasteiger partial charge on any atom is -0.489 e. The summed E-state index contributed by atoms with van der Waals surface area (Å²) >= 11 is 6.10. The van der Waals surface area contributed by atoms with Crippen molar-refractivity contribution < 1.29 is 24.5 Å². The lowest BCUT2D eigenvalue weighted by Crippen LogP contribution is -2.24. The van der Waals surface area contributed by atoms with E-state index in [4.69, 9.17) is 22.1 Å². The Bertz CT molecular complexity index is 1170. The van der Waals surface area contributed by atoms with E-state index in [1.165, 1.54) is 12.1 Å². The maximum atomic E-state index is 12.1. The van der Waals surface area contributed by atoms with E-state index in [1.54, 1.807) is 36.4 Å². The molecule has 0 aliphatic heterocycles. The zero-order valence-corrected chi connectivity index (χ0v) is 15.6. The van der Waals surface area contributed by atoms with Gasteiger partial charge < -0.3 is 25.7 Å². The number of nitrogens with one attached hydrogen (secondary N) is 1. The molecule has 148 valence electrons. The fourth-order valence-electron chi connectivity index (χ4n) is 2.85. The van der Waals surface area contributed by atoms with Crippen LogP contribution in [0.1, 0.15) is 26.3 Å². The number of aromatic amines is 1. The number of ether oxygens (including phenoxy) is 1. The van der Waals surface area contributed by atoms with Crippen molar-refractivity contribution in [1.29, 1.82) is 0 Å². The van der Waals surface area contributed by atoms with Gasteiger partial charge in [0.15, 0.2) is 0 Å². The zero-order chi connectivity index (χ0) is 21.1. The summed E-state index contributed by atoms with van der Waals surface area (Å²) in [4.78, 5) is 37.5. The summed E-state index contributed by atoms with van der Waals surface area (Å²) in [5, 5.41) is 19.5. The molecule has 29 heavy (non-hydrogen) atoms. The van der Waals surface area contributed by atoms with Crippen LogP contribution in [0.3, 0.4) is 0 Å². The third kappa shape index (κ3) is 4.07. The lowest BCUT2D eigenvalue weighted by Gasteiger charge is -2.14. The molecule has 1 heterocycles. The first-order valence-corrected chi connectivity index (χ1v) is 8.66. The van der Waals surface area contributed by atoms with Crippen molar-refractivity contribution in [3.8, 4) is 16.9 Å². The highest BCUT2D eigenvalue weighted by Gasteiger charge is 2.26. The fourth-order valence-corrected chi connectivity index (χ4v) is 3.04. The van der Waals surface area contributed by atoms with Crippen LogP contribution in [-0.4, -0.2) is 27.1 Å². The molecular weight excluding hydrogens is 400 g/mol. The van der Waals surface area contributed by atoms with E-state index < -0.39 is 34.4 Å². The van der Waals surface area contributed by atoms with Crippen molar-refractivity contribution in [3.63, 3.8) is 0 Å². The molecule has 9 heteroatoms. The number of H-pyrrole nitrogens is 1. The summed E-state index contributed by atoms with van der Waals surface area (Å²) in [5.41, 5.74) is 4.01. The number of pyridine rings is 1. The van der Waals surface area contributed by atoms with Crippen LogP contribution < -0.4 is 16.0 Å². The number of benzene rings is 2. The predicted octanol–water partition coefficient (Wildman–Crippen LogP) is 3.25. The van der Waals surface area contributed by atoms with Crippen molar-refractivity contribution in [2.75, 3.05) is 5.73 Å². The summed E-state index contributed by atoms with van der Waals surface area (Å²) in [6.45, 7) is 0.137. The Morgan fingerprint density at radius 1 is 1.03 bits per heavy atom. The van der Waals surface area contributed by atoms with Crippen molar-refractivity contribution in [1.82, 2.24) is 4.98 Å². The van der Waals surface area contributed by atoms with Gasteiger partial charge in [0.25, 0.3) is 5.56 Å². The van der Waals surface area contributed by atoms with Crippen LogP contribution in [0.2, 0.25) is 5.02 Å². The van der Waals surface area contributed by atoms with Gasteiger partial charge in [-0.2, -0.15) is 0 Å². The Morgan fingerprint density at radius 2 is 1.72 bits per heavy atom. The summed E-state index contributed by atoms with van der Waals surface area (Å²) in [6.07, 6.45) is 0. The molecule has 0 spiro atoms. The van der Waals surface area contributed by atoms with Gasteiger partial charge in [-0.15, -0.1) is 0 Å². The Hall–Kier alpha value is -3.78. The first-order valence-electron chi connectivity index (χ1n) is 8.28. The van der Waals surface area contributed by atoms with Gasteiger partial charge in [0.1, 0.15) is 29.3 Å². The number of carboxylic acid groups (broad SMARTS) is 2. The monoisotopic (exact) mass is 414 g/mol. The summed E-state index contributed by atoms with van der Waals surface area (Å²) < 4.78 is 5.70. The second-order valence-electron chi connectivity index (χ2n) is 6.01. The molecule has 0 amide bonds. The molecular formula is C20H15ClN2O6. The molecule has 0 fully saturated rings. The first kappa shape index (κ1) is 20.0. The number of aromatic nitrogens is 1. The minimum absolute atomic E-state index is 0.137. The number of nitrogens with two attached hydrogens (primary N) is 1. The van der Waals surface area contributed by atoms with E-state index in [9.17, 15) is 24.6 Å². The van der Waals surface area contributed by atoms with E-state index in [0.717, 1.165) is 5.56 Å². The number of halogens is 1. The average molecular weight is 415 g/mol. The number of rotatable bonds is 6. The van der Waals surface area contributed by atoms with Crippen LogP contribution in [0.5, 0.6) is 5.75 Å². The van der Waals surface area contributed by atoms with Crippen molar-refractivity contribution in [2.24, 2.45) is 0 Å². The van der Waals surface area contributed by atoms with Gasteiger partial charge in [0, 0.05) is 16.1 Å². The van der Waals surface area contributed by atoms with E-state index in [1.807, 2.05) is 0 Å². The van der Waals surface area contributed by atoms with Gasteiger partial charge in [-0.1, -0.05) is 41.9 Å². The largest absolute Gasteiger partial charge is 0.489 e. The number of anilines is 1. The van der Waals surface area contributed by atoms with Crippen molar-refractivity contribution in [3.05, 3.63) is 80.6 Å². The lowest BCUT2D eigenvalue weighted by molar-refractivity contribution is 0.0695. The summed E-state index contributed by atoms with van der Waals surface area (Å²) in [7, 11) is 0. The van der Waals surface area contributed by atoms with Crippen LogP contribution in [-0.2, 0) is 6.61 Å². The van der Waals surface area contributed by atoms with Crippen LogP contribution >= 0.6 is 11.6 Å². The minimum atomic E-state index is -1.58. The average Bonchev–Trinajstić information content (AvgIpc) is 2.66. The molecule has 3 aromatic rings. The number of aromatic carboxylic acids is 2.